The standard InChI is InChI=1S/C22H22N4O4/c1-15-5-3-4-6-18(15)25-21(27)19(16-7-9-17(10-8-16)26(29)30)20(22(25)28)24-13-11-23(2)12-14-24/h3-10H,11-14H2,1-2H3. The highest BCUT2D eigenvalue weighted by Gasteiger charge is 2.43. The Kier molecular flexibility index (Phi) is 5.09. The Hall–Kier alpha value is -3.52. The van der Waals surface area contributed by atoms with Gasteiger partial charge in [0.2, 0.25) is 0 Å². The van der Waals surface area contributed by atoms with Crippen LogP contribution in [0.1, 0.15) is 11.1 Å². The predicted octanol–water partition coefficient (Wildman–Crippen LogP) is 2.44. The Morgan fingerprint density at radius 3 is 2.13 bits per heavy atom. The Morgan fingerprint density at radius 1 is 0.900 bits per heavy atom. The second-order valence-corrected chi connectivity index (χ2v) is 7.55. The summed E-state index contributed by atoms with van der Waals surface area (Å²) in [7, 11) is 2.02. The van der Waals surface area contributed by atoms with E-state index >= 15 is 0 Å². The monoisotopic (exact) mass is 406 g/mol. The lowest BCUT2D eigenvalue weighted by Crippen LogP contribution is -2.46. The van der Waals surface area contributed by atoms with E-state index in [2.05, 4.69) is 4.90 Å². The van der Waals surface area contributed by atoms with Gasteiger partial charge in [-0.05, 0) is 43.3 Å². The summed E-state index contributed by atoms with van der Waals surface area (Å²) in [5.74, 6) is -0.760. The summed E-state index contributed by atoms with van der Waals surface area (Å²) < 4.78 is 0. The van der Waals surface area contributed by atoms with E-state index in [-0.39, 0.29) is 11.6 Å². The highest BCUT2D eigenvalue weighted by atomic mass is 16.6. The normalized spacial score (nSPS) is 17.8. The molecule has 0 bridgehead atoms. The summed E-state index contributed by atoms with van der Waals surface area (Å²) >= 11 is 0. The van der Waals surface area contributed by atoms with Gasteiger partial charge in [0.15, 0.2) is 0 Å². The molecule has 8 nitrogen and oxygen atoms in total. The van der Waals surface area contributed by atoms with Crippen LogP contribution in [-0.4, -0.2) is 59.8 Å². The molecular formula is C22H22N4O4. The first kappa shape index (κ1) is 19.8. The summed E-state index contributed by atoms with van der Waals surface area (Å²) in [5, 5.41) is 11.0. The SMILES string of the molecule is Cc1ccccc1N1C(=O)C(c2ccc([N+](=O)[O-])cc2)=C(N2CCN(C)CC2)C1=O. The number of rotatable bonds is 4. The van der Waals surface area contributed by atoms with Gasteiger partial charge in [-0.25, -0.2) is 4.90 Å². The van der Waals surface area contributed by atoms with Gasteiger partial charge in [-0.2, -0.15) is 0 Å². The molecule has 0 N–H and O–H groups in total. The fourth-order valence-electron chi connectivity index (χ4n) is 3.88. The second kappa shape index (κ2) is 7.72. The number of nitro groups is 1. The molecule has 0 aromatic heterocycles. The first-order valence-corrected chi connectivity index (χ1v) is 9.75. The molecule has 1 fully saturated rings. The van der Waals surface area contributed by atoms with E-state index < -0.39 is 10.8 Å². The first-order valence-electron chi connectivity index (χ1n) is 9.75. The number of nitrogens with zero attached hydrogens (tertiary/aromatic N) is 4. The number of piperazine rings is 1. The number of nitro benzene ring substituents is 1. The minimum absolute atomic E-state index is 0.0620. The van der Waals surface area contributed by atoms with Gasteiger partial charge in [-0.3, -0.25) is 19.7 Å². The molecule has 30 heavy (non-hydrogen) atoms. The number of para-hydroxylation sites is 1. The minimum Gasteiger partial charge on any atom is -0.364 e. The van der Waals surface area contributed by atoms with Gasteiger partial charge < -0.3 is 9.80 Å². The number of hydrogen-bond donors (Lipinski definition) is 0. The fourth-order valence-corrected chi connectivity index (χ4v) is 3.88. The molecule has 2 aliphatic rings. The van der Waals surface area contributed by atoms with Crippen molar-refractivity contribution in [2.75, 3.05) is 38.1 Å². The van der Waals surface area contributed by atoms with Crippen molar-refractivity contribution < 1.29 is 14.5 Å². The van der Waals surface area contributed by atoms with Crippen molar-refractivity contribution in [3.63, 3.8) is 0 Å². The van der Waals surface area contributed by atoms with Crippen LogP contribution in [0.4, 0.5) is 11.4 Å². The van der Waals surface area contributed by atoms with Gasteiger partial charge in [-0.15, -0.1) is 0 Å². The molecule has 2 aliphatic heterocycles. The summed E-state index contributed by atoms with van der Waals surface area (Å²) in [6.45, 7) is 4.67. The largest absolute Gasteiger partial charge is 0.364 e. The lowest BCUT2D eigenvalue weighted by atomic mass is 10.0. The maximum Gasteiger partial charge on any atom is 0.282 e. The predicted molar refractivity (Wildman–Crippen MR) is 113 cm³/mol. The minimum atomic E-state index is -0.485. The molecule has 0 radical (unpaired) electrons. The Labute approximate surface area is 174 Å². The van der Waals surface area contributed by atoms with Gasteiger partial charge in [0, 0.05) is 38.3 Å². The molecule has 8 heteroatoms. The average Bonchev–Trinajstić information content (AvgIpc) is 2.99. The van der Waals surface area contributed by atoms with Crippen molar-refractivity contribution in [3.8, 4) is 0 Å². The summed E-state index contributed by atoms with van der Waals surface area (Å²) in [5.41, 5.74) is 2.47. The van der Waals surface area contributed by atoms with E-state index in [1.165, 1.54) is 29.2 Å². The van der Waals surface area contributed by atoms with Gasteiger partial charge in [0.25, 0.3) is 17.5 Å². The number of amides is 2. The molecule has 0 saturated carbocycles. The maximum atomic E-state index is 13.5. The van der Waals surface area contributed by atoms with Crippen molar-refractivity contribution in [1.82, 2.24) is 9.80 Å². The van der Waals surface area contributed by atoms with Gasteiger partial charge in [-0.1, -0.05) is 18.2 Å². The molecule has 4 rings (SSSR count). The summed E-state index contributed by atoms with van der Waals surface area (Å²) in [4.78, 5) is 42.9. The molecule has 2 heterocycles. The number of carbonyl (C=O) groups excluding carboxylic acids is 2. The van der Waals surface area contributed by atoms with Crippen LogP contribution in [0.5, 0.6) is 0 Å². The summed E-state index contributed by atoms with van der Waals surface area (Å²) in [6, 6.07) is 13.1. The van der Waals surface area contributed by atoms with Crippen LogP contribution in [0.25, 0.3) is 5.57 Å². The zero-order valence-corrected chi connectivity index (χ0v) is 16.9. The van der Waals surface area contributed by atoms with Crippen molar-refractivity contribution in [2.45, 2.75) is 6.92 Å². The van der Waals surface area contributed by atoms with E-state index in [0.717, 1.165) is 18.7 Å². The third-order valence-corrected chi connectivity index (χ3v) is 5.60. The van der Waals surface area contributed by atoms with E-state index in [1.807, 2.05) is 31.0 Å². The van der Waals surface area contributed by atoms with Crippen molar-refractivity contribution >= 4 is 28.8 Å². The molecule has 2 amide bonds. The number of aryl methyl sites for hydroxylation is 1. The van der Waals surface area contributed by atoms with E-state index in [9.17, 15) is 19.7 Å². The fraction of sp³-hybridized carbons (Fsp3) is 0.273. The van der Waals surface area contributed by atoms with E-state index in [0.29, 0.717) is 35.6 Å². The molecule has 0 aliphatic carbocycles. The Balaban J connectivity index is 1.82. The van der Waals surface area contributed by atoms with E-state index in [1.54, 1.807) is 12.1 Å². The highest BCUT2D eigenvalue weighted by Crippen LogP contribution is 2.36. The first-order chi connectivity index (χ1) is 14.4. The molecule has 0 unspecified atom stereocenters. The van der Waals surface area contributed by atoms with Gasteiger partial charge in [0.05, 0.1) is 16.2 Å². The molecule has 154 valence electrons. The van der Waals surface area contributed by atoms with Crippen molar-refractivity contribution in [1.29, 1.82) is 0 Å². The van der Waals surface area contributed by atoms with Crippen LogP contribution in [0, 0.1) is 17.0 Å². The summed E-state index contributed by atoms with van der Waals surface area (Å²) in [6.07, 6.45) is 0. The number of likely N-dealkylation sites (N-methyl/N-ethyl adjacent to an activating group) is 1. The third-order valence-electron chi connectivity index (χ3n) is 5.60. The molecular weight excluding hydrogens is 384 g/mol. The zero-order valence-electron chi connectivity index (χ0n) is 16.9. The van der Waals surface area contributed by atoms with Crippen LogP contribution in [0.2, 0.25) is 0 Å². The Bertz CT molecular complexity index is 1050. The highest BCUT2D eigenvalue weighted by molar-refractivity contribution is 6.45. The number of anilines is 1. The van der Waals surface area contributed by atoms with Crippen molar-refractivity contribution in [3.05, 3.63) is 75.5 Å². The number of imide groups is 1. The lowest BCUT2D eigenvalue weighted by Gasteiger charge is -2.34. The quantitative estimate of drug-likeness (QED) is 0.440. The maximum absolute atomic E-state index is 13.5. The Morgan fingerprint density at radius 2 is 1.53 bits per heavy atom. The van der Waals surface area contributed by atoms with Crippen molar-refractivity contribution in [2.24, 2.45) is 0 Å². The van der Waals surface area contributed by atoms with Crippen LogP contribution < -0.4 is 4.90 Å². The average molecular weight is 406 g/mol. The molecule has 2 aromatic rings. The topological polar surface area (TPSA) is 87.0 Å². The third kappa shape index (κ3) is 3.35. The second-order valence-electron chi connectivity index (χ2n) is 7.55. The van der Waals surface area contributed by atoms with Crippen LogP contribution >= 0.6 is 0 Å². The molecule has 0 atom stereocenters. The van der Waals surface area contributed by atoms with Crippen LogP contribution in [0.15, 0.2) is 54.2 Å². The number of benzene rings is 2. The van der Waals surface area contributed by atoms with Gasteiger partial charge in [0.1, 0.15) is 5.70 Å². The number of carbonyl (C=O) groups is 2. The number of hydrogen-bond acceptors (Lipinski definition) is 6. The zero-order chi connectivity index (χ0) is 21.4. The van der Waals surface area contributed by atoms with Gasteiger partial charge >= 0.3 is 0 Å². The smallest absolute Gasteiger partial charge is 0.282 e. The molecule has 2 aromatic carbocycles. The lowest BCUT2D eigenvalue weighted by molar-refractivity contribution is -0.384. The molecule has 0 spiro atoms. The van der Waals surface area contributed by atoms with E-state index in [4.69, 9.17) is 0 Å². The molecule has 1 saturated heterocycles. The van der Waals surface area contributed by atoms with Crippen LogP contribution in [0.3, 0.4) is 0 Å². The van der Waals surface area contributed by atoms with Crippen LogP contribution in [-0.2, 0) is 9.59 Å². The number of non-ortho nitro benzene ring substituents is 1.